The van der Waals surface area contributed by atoms with Gasteiger partial charge in [0.1, 0.15) is 6.04 Å². The van der Waals surface area contributed by atoms with Gasteiger partial charge in [-0.3, -0.25) is 4.79 Å². The third-order valence-electron chi connectivity index (χ3n) is 1.52. The van der Waals surface area contributed by atoms with E-state index in [1.54, 1.807) is 24.3 Å². The number of hydrogen-bond donors (Lipinski definition) is 1. The summed E-state index contributed by atoms with van der Waals surface area (Å²) in [4.78, 5) is 11.2. The zero-order chi connectivity index (χ0) is 10.4. The van der Waals surface area contributed by atoms with Crippen molar-refractivity contribution in [3.8, 4) is 6.07 Å². The van der Waals surface area contributed by atoms with E-state index in [2.05, 4.69) is 5.32 Å². The Morgan fingerprint density at radius 3 is 3.14 bits per heavy atom. The summed E-state index contributed by atoms with van der Waals surface area (Å²) < 4.78 is 0. The first-order chi connectivity index (χ1) is 6.72. The second-order valence-corrected chi connectivity index (χ2v) is 3.53. The Morgan fingerprint density at radius 1 is 1.79 bits per heavy atom. The predicted molar refractivity (Wildman–Crippen MR) is 56.6 cm³/mol. The summed E-state index contributed by atoms with van der Waals surface area (Å²) >= 11 is 1.57. The molecular formula is C10H10N2OS. The van der Waals surface area contributed by atoms with E-state index >= 15 is 0 Å². The lowest BCUT2D eigenvalue weighted by Crippen LogP contribution is -2.29. The van der Waals surface area contributed by atoms with Gasteiger partial charge in [-0.15, -0.1) is 0 Å². The molecule has 1 rings (SSSR count). The molecular weight excluding hydrogens is 196 g/mol. The fraction of sp³-hybridized carbons (Fsp3) is 0.200. The van der Waals surface area contributed by atoms with Crippen LogP contribution in [0.5, 0.6) is 0 Å². The van der Waals surface area contributed by atoms with Crippen molar-refractivity contribution < 1.29 is 4.79 Å². The third kappa shape index (κ3) is 3.42. The molecule has 0 aliphatic heterocycles. The molecule has 1 aromatic rings. The van der Waals surface area contributed by atoms with E-state index in [0.29, 0.717) is 0 Å². The van der Waals surface area contributed by atoms with Crippen molar-refractivity contribution in [3.63, 3.8) is 0 Å². The lowest BCUT2D eigenvalue weighted by atomic mass is 10.3. The molecule has 72 valence electrons. The van der Waals surface area contributed by atoms with Crippen LogP contribution >= 0.6 is 11.3 Å². The van der Waals surface area contributed by atoms with E-state index in [-0.39, 0.29) is 5.91 Å². The maximum Gasteiger partial charge on any atom is 0.245 e. The first-order valence-corrected chi connectivity index (χ1v) is 5.07. The maximum absolute atomic E-state index is 11.2. The van der Waals surface area contributed by atoms with E-state index in [1.165, 1.54) is 6.08 Å². The minimum Gasteiger partial charge on any atom is -0.337 e. The topological polar surface area (TPSA) is 52.9 Å². The minimum absolute atomic E-state index is 0.245. The molecule has 1 unspecified atom stereocenters. The Kier molecular flexibility index (Phi) is 3.89. The lowest BCUT2D eigenvalue weighted by molar-refractivity contribution is -0.116. The average Bonchev–Trinajstić information content (AvgIpc) is 2.67. The normalized spacial score (nSPS) is 12.3. The summed E-state index contributed by atoms with van der Waals surface area (Å²) in [5.41, 5.74) is 0.995. The Morgan fingerprint density at radius 2 is 2.57 bits per heavy atom. The monoisotopic (exact) mass is 206 g/mol. The molecule has 0 aliphatic rings. The molecule has 0 fully saturated rings. The molecule has 14 heavy (non-hydrogen) atoms. The number of amides is 1. The number of carbonyl (C=O) groups is 1. The molecule has 0 bridgehead atoms. The second-order valence-electron chi connectivity index (χ2n) is 2.75. The number of nitriles is 1. The molecule has 1 atom stereocenters. The van der Waals surface area contributed by atoms with Crippen LogP contribution in [0.2, 0.25) is 0 Å². The van der Waals surface area contributed by atoms with Gasteiger partial charge in [0.2, 0.25) is 5.91 Å². The van der Waals surface area contributed by atoms with E-state index < -0.39 is 6.04 Å². The van der Waals surface area contributed by atoms with Crippen LogP contribution < -0.4 is 5.32 Å². The van der Waals surface area contributed by atoms with E-state index in [0.717, 1.165) is 5.56 Å². The van der Waals surface area contributed by atoms with Gasteiger partial charge in [-0.25, -0.2) is 0 Å². The van der Waals surface area contributed by atoms with Gasteiger partial charge in [0.25, 0.3) is 0 Å². The van der Waals surface area contributed by atoms with Gasteiger partial charge in [0.05, 0.1) is 6.07 Å². The van der Waals surface area contributed by atoms with Crippen molar-refractivity contribution in [3.05, 3.63) is 28.5 Å². The van der Waals surface area contributed by atoms with E-state index in [4.69, 9.17) is 5.26 Å². The van der Waals surface area contributed by atoms with Crippen LogP contribution in [0.1, 0.15) is 12.5 Å². The molecule has 4 heteroatoms. The molecule has 0 aromatic carbocycles. The molecule has 0 aliphatic carbocycles. The Bertz CT molecular complexity index is 362. The highest BCUT2D eigenvalue weighted by molar-refractivity contribution is 7.08. The quantitative estimate of drug-likeness (QED) is 0.766. The van der Waals surface area contributed by atoms with Gasteiger partial charge < -0.3 is 5.32 Å². The fourth-order valence-corrected chi connectivity index (χ4v) is 1.46. The molecule has 0 spiro atoms. The van der Waals surface area contributed by atoms with Gasteiger partial charge in [0, 0.05) is 6.08 Å². The molecule has 0 radical (unpaired) electrons. The summed E-state index contributed by atoms with van der Waals surface area (Å²) in [5, 5.41) is 14.8. The van der Waals surface area contributed by atoms with Crippen LogP contribution in [-0.2, 0) is 4.79 Å². The van der Waals surface area contributed by atoms with Crippen LogP contribution in [0.25, 0.3) is 6.08 Å². The maximum atomic E-state index is 11.2. The van der Waals surface area contributed by atoms with Gasteiger partial charge in [-0.05, 0) is 35.4 Å². The summed E-state index contributed by atoms with van der Waals surface area (Å²) in [6, 6.07) is 3.39. The Hall–Kier alpha value is -1.60. The standard InChI is InChI=1S/C10H10N2OS/c1-8(6-11)12-10(13)3-2-9-4-5-14-7-9/h2-5,7-8H,1H3,(H,12,13)/b3-2+. The smallest absolute Gasteiger partial charge is 0.245 e. The number of nitrogens with zero attached hydrogens (tertiary/aromatic N) is 1. The molecule has 0 saturated heterocycles. The largest absolute Gasteiger partial charge is 0.337 e. The Labute approximate surface area is 86.7 Å². The Balaban J connectivity index is 2.46. The van der Waals surface area contributed by atoms with Crippen LogP contribution in [0.4, 0.5) is 0 Å². The molecule has 0 saturated carbocycles. The predicted octanol–water partition coefficient (Wildman–Crippen LogP) is 1.79. The summed E-state index contributed by atoms with van der Waals surface area (Å²) in [6.07, 6.45) is 3.14. The number of rotatable bonds is 3. The second kappa shape index (κ2) is 5.20. The van der Waals surface area contributed by atoms with Crippen LogP contribution in [0, 0.1) is 11.3 Å². The van der Waals surface area contributed by atoms with Gasteiger partial charge >= 0.3 is 0 Å². The van der Waals surface area contributed by atoms with Crippen molar-refractivity contribution in [2.75, 3.05) is 0 Å². The van der Waals surface area contributed by atoms with Crippen LogP contribution in [-0.4, -0.2) is 11.9 Å². The van der Waals surface area contributed by atoms with E-state index in [1.807, 2.05) is 22.9 Å². The van der Waals surface area contributed by atoms with Crippen LogP contribution in [0.15, 0.2) is 22.9 Å². The molecule has 1 aromatic heterocycles. The highest BCUT2D eigenvalue weighted by Gasteiger charge is 2.00. The molecule has 1 heterocycles. The zero-order valence-electron chi connectivity index (χ0n) is 7.73. The van der Waals surface area contributed by atoms with Crippen molar-refractivity contribution >= 4 is 23.3 Å². The fourth-order valence-electron chi connectivity index (χ4n) is 0.836. The summed E-state index contributed by atoms with van der Waals surface area (Å²) in [6.45, 7) is 1.64. The highest BCUT2D eigenvalue weighted by Crippen LogP contribution is 2.07. The zero-order valence-corrected chi connectivity index (χ0v) is 8.54. The molecule has 3 nitrogen and oxygen atoms in total. The van der Waals surface area contributed by atoms with Gasteiger partial charge in [-0.1, -0.05) is 0 Å². The number of thiophene rings is 1. The van der Waals surface area contributed by atoms with E-state index in [9.17, 15) is 4.79 Å². The molecule has 1 N–H and O–H groups in total. The number of nitrogens with one attached hydrogen (secondary N) is 1. The van der Waals surface area contributed by atoms with Crippen molar-refractivity contribution in [2.24, 2.45) is 0 Å². The lowest BCUT2D eigenvalue weighted by Gasteiger charge is -2.01. The average molecular weight is 206 g/mol. The van der Waals surface area contributed by atoms with Gasteiger partial charge in [0.15, 0.2) is 0 Å². The van der Waals surface area contributed by atoms with Crippen molar-refractivity contribution in [1.29, 1.82) is 5.26 Å². The van der Waals surface area contributed by atoms with Crippen molar-refractivity contribution in [1.82, 2.24) is 5.32 Å². The van der Waals surface area contributed by atoms with Crippen LogP contribution in [0.3, 0.4) is 0 Å². The summed E-state index contributed by atoms with van der Waals surface area (Å²) in [5.74, 6) is -0.245. The summed E-state index contributed by atoms with van der Waals surface area (Å²) in [7, 11) is 0. The third-order valence-corrected chi connectivity index (χ3v) is 2.22. The minimum atomic E-state index is -0.449. The first kappa shape index (κ1) is 10.5. The molecule has 1 amide bonds. The number of hydrogen-bond acceptors (Lipinski definition) is 3. The number of carbonyl (C=O) groups excluding carboxylic acids is 1. The van der Waals surface area contributed by atoms with Crippen molar-refractivity contribution in [2.45, 2.75) is 13.0 Å². The highest BCUT2D eigenvalue weighted by atomic mass is 32.1. The SMILES string of the molecule is CC(C#N)NC(=O)/C=C/c1ccsc1. The first-order valence-electron chi connectivity index (χ1n) is 4.13. The van der Waals surface area contributed by atoms with Gasteiger partial charge in [-0.2, -0.15) is 16.6 Å².